The van der Waals surface area contributed by atoms with Crippen molar-refractivity contribution in [3.05, 3.63) is 29.8 Å². The fourth-order valence-electron chi connectivity index (χ4n) is 2.60. The molecule has 4 nitrogen and oxygen atoms in total. The Hall–Kier alpha value is -1.31. The number of hydrogen-bond acceptors (Lipinski definition) is 4. The Morgan fingerprint density at radius 2 is 1.95 bits per heavy atom. The van der Waals surface area contributed by atoms with Crippen LogP contribution >= 0.6 is 0 Å². The summed E-state index contributed by atoms with van der Waals surface area (Å²) in [6.07, 6.45) is -2.32. The number of hydrogen-bond donors (Lipinski definition) is 2. The number of nitrogens with one attached hydrogen (secondary N) is 1. The van der Waals surface area contributed by atoms with Crippen LogP contribution in [0, 0.1) is 0 Å². The van der Waals surface area contributed by atoms with Crippen molar-refractivity contribution in [3.8, 4) is 5.75 Å². The summed E-state index contributed by atoms with van der Waals surface area (Å²) >= 11 is 0. The SMILES string of the molecule is COC1(C(NN)c2ccccc2OC(F)(F)F)CCC1. The molecule has 0 aromatic heterocycles. The molecule has 0 heterocycles. The zero-order chi connectivity index (χ0) is 14.8. The molecule has 2 rings (SSSR count). The lowest BCUT2D eigenvalue weighted by Gasteiger charge is -2.46. The summed E-state index contributed by atoms with van der Waals surface area (Å²) in [6, 6.07) is 5.41. The van der Waals surface area contributed by atoms with Crippen LogP contribution in [0.3, 0.4) is 0 Å². The number of hydrazine groups is 1. The van der Waals surface area contributed by atoms with Crippen molar-refractivity contribution in [2.75, 3.05) is 7.11 Å². The van der Waals surface area contributed by atoms with Gasteiger partial charge in [0.2, 0.25) is 0 Å². The minimum Gasteiger partial charge on any atom is -0.405 e. The van der Waals surface area contributed by atoms with Crippen LogP contribution in [-0.4, -0.2) is 19.1 Å². The van der Waals surface area contributed by atoms with Gasteiger partial charge in [0.25, 0.3) is 0 Å². The van der Waals surface area contributed by atoms with Crippen LogP contribution in [0.2, 0.25) is 0 Å². The van der Waals surface area contributed by atoms with Crippen molar-refractivity contribution in [1.29, 1.82) is 0 Å². The maximum atomic E-state index is 12.5. The van der Waals surface area contributed by atoms with Crippen LogP contribution in [0.15, 0.2) is 24.3 Å². The lowest BCUT2D eigenvalue weighted by molar-refractivity contribution is -0.275. The molecule has 1 aliphatic carbocycles. The second kappa shape index (κ2) is 5.59. The number of nitrogens with two attached hydrogens (primary N) is 1. The highest BCUT2D eigenvalue weighted by atomic mass is 19.4. The molecule has 20 heavy (non-hydrogen) atoms. The predicted octanol–water partition coefficient (Wildman–Crippen LogP) is 2.66. The zero-order valence-corrected chi connectivity index (χ0v) is 11.0. The van der Waals surface area contributed by atoms with Crippen LogP contribution < -0.4 is 16.0 Å². The van der Waals surface area contributed by atoms with Gasteiger partial charge in [0.05, 0.1) is 11.6 Å². The quantitative estimate of drug-likeness (QED) is 0.646. The number of rotatable bonds is 5. The number of ether oxygens (including phenoxy) is 2. The van der Waals surface area contributed by atoms with Gasteiger partial charge in [0.15, 0.2) is 0 Å². The van der Waals surface area contributed by atoms with Crippen molar-refractivity contribution in [3.63, 3.8) is 0 Å². The fraction of sp³-hybridized carbons (Fsp3) is 0.538. The normalized spacial score (nSPS) is 19.2. The van der Waals surface area contributed by atoms with Crippen molar-refractivity contribution in [2.24, 2.45) is 5.84 Å². The van der Waals surface area contributed by atoms with Gasteiger partial charge in [-0.1, -0.05) is 18.2 Å². The van der Waals surface area contributed by atoms with E-state index in [2.05, 4.69) is 10.2 Å². The topological polar surface area (TPSA) is 56.5 Å². The predicted molar refractivity (Wildman–Crippen MR) is 66.8 cm³/mol. The third-order valence-corrected chi connectivity index (χ3v) is 3.75. The number of benzene rings is 1. The van der Waals surface area contributed by atoms with Crippen LogP contribution in [0.5, 0.6) is 5.75 Å². The second-order valence-electron chi connectivity index (χ2n) is 4.81. The van der Waals surface area contributed by atoms with E-state index in [-0.39, 0.29) is 5.75 Å². The standard InChI is InChI=1S/C13H17F3N2O2/c1-19-12(7-4-8-12)11(18-17)9-5-2-3-6-10(9)20-13(14,15)16/h2-3,5-6,11,18H,4,7-8,17H2,1H3. The molecule has 1 atom stereocenters. The smallest absolute Gasteiger partial charge is 0.405 e. The molecule has 0 amide bonds. The summed E-state index contributed by atoms with van der Waals surface area (Å²) in [7, 11) is 1.54. The molecular weight excluding hydrogens is 273 g/mol. The van der Waals surface area contributed by atoms with Crippen LogP contribution in [-0.2, 0) is 4.74 Å². The molecule has 0 bridgehead atoms. The Bertz CT molecular complexity index is 456. The van der Waals surface area contributed by atoms with E-state index in [1.165, 1.54) is 19.2 Å². The first-order valence-electron chi connectivity index (χ1n) is 6.28. The molecule has 1 aromatic carbocycles. The van der Waals surface area contributed by atoms with Gasteiger partial charge in [-0.3, -0.25) is 5.84 Å². The molecule has 1 aliphatic rings. The summed E-state index contributed by atoms with van der Waals surface area (Å²) in [6.45, 7) is 0. The highest BCUT2D eigenvalue weighted by Gasteiger charge is 2.46. The molecule has 1 saturated carbocycles. The molecule has 3 N–H and O–H groups in total. The largest absolute Gasteiger partial charge is 0.573 e. The lowest BCUT2D eigenvalue weighted by atomic mass is 9.72. The first-order valence-corrected chi connectivity index (χ1v) is 6.28. The van der Waals surface area contributed by atoms with Crippen molar-refractivity contribution in [1.82, 2.24) is 5.43 Å². The number of para-hydroxylation sites is 1. The molecule has 7 heteroatoms. The molecule has 0 spiro atoms. The van der Waals surface area contributed by atoms with Gasteiger partial charge in [-0.15, -0.1) is 13.2 Å². The highest BCUT2D eigenvalue weighted by molar-refractivity contribution is 5.38. The van der Waals surface area contributed by atoms with Crippen LogP contribution in [0.25, 0.3) is 0 Å². The summed E-state index contributed by atoms with van der Waals surface area (Å²) < 4.78 is 46.9. The molecule has 0 saturated heterocycles. The van der Waals surface area contributed by atoms with Gasteiger partial charge in [-0.05, 0) is 25.3 Å². The number of methoxy groups -OCH3 is 1. The molecule has 0 radical (unpaired) electrons. The van der Waals surface area contributed by atoms with Gasteiger partial charge in [-0.25, -0.2) is 5.43 Å². The molecular formula is C13H17F3N2O2. The maximum absolute atomic E-state index is 12.5. The number of alkyl halides is 3. The monoisotopic (exact) mass is 290 g/mol. The summed E-state index contributed by atoms with van der Waals surface area (Å²) in [5.41, 5.74) is 2.32. The highest BCUT2D eigenvalue weighted by Crippen LogP contribution is 2.46. The van der Waals surface area contributed by atoms with Gasteiger partial charge < -0.3 is 9.47 Å². The van der Waals surface area contributed by atoms with Gasteiger partial charge in [0.1, 0.15) is 5.75 Å². The zero-order valence-electron chi connectivity index (χ0n) is 11.0. The molecule has 1 unspecified atom stereocenters. The average molecular weight is 290 g/mol. The van der Waals surface area contributed by atoms with E-state index in [9.17, 15) is 13.2 Å². The molecule has 0 aliphatic heterocycles. The Balaban J connectivity index is 2.35. The molecule has 112 valence electrons. The summed E-state index contributed by atoms with van der Waals surface area (Å²) in [4.78, 5) is 0. The van der Waals surface area contributed by atoms with E-state index in [1.54, 1.807) is 12.1 Å². The maximum Gasteiger partial charge on any atom is 0.573 e. The summed E-state index contributed by atoms with van der Waals surface area (Å²) in [5, 5.41) is 0. The van der Waals surface area contributed by atoms with E-state index in [4.69, 9.17) is 10.6 Å². The molecule has 1 aromatic rings. The van der Waals surface area contributed by atoms with E-state index in [0.717, 1.165) is 19.3 Å². The second-order valence-corrected chi connectivity index (χ2v) is 4.81. The van der Waals surface area contributed by atoms with Crippen LogP contribution in [0.1, 0.15) is 30.9 Å². The van der Waals surface area contributed by atoms with Gasteiger partial charge >= 0.3 is 6.36 Å². The van der Waals surface area contributed by atoms with Gasteiger partial charge in [0, 0.05) is 12.7 Å². The van der Waals surface area contributed by atoms with E-state index in [1.807, 2.05) is 0 Å². The Morgan fingerprint density at radius 3 is 2.40 bits per heavy atom. The average Bonchev–Trinajstić information content (AvgIpc) is 2.33. The Morgan fingerprint density at radius 1 is 1.30 bits per heavy atom. The third kappa shape index (κ3) is 2.89. The lowest BCUT2D eigenvalue weighted by Crippen LogP contribution is -2.52. The first kappa shape index (κ1) is 15.1. The Kier molecular flexibility index (Phi) is 4.22. The van der Waals surface area contributed by atoms with Gasteiger partial charge in [-0.2, -0.15) is 0 Å². The van der Waals surface area contributed by atoms with E-state index < -0.39 is 18.0 Å². The minimum absolute atomic E-state index is 0.258. The Labute approximate surface area is 115 Å². The third-order valence-electron chi connectivity index (χ3n) is 3.75. The fourth-order valence-corrected chi connectivity index (χ4v) is 2.60. The van der Waals surface area contributed by atoms with E-state index >= 15 is 0 Å². The summed E-state index contributed by atoms with van der Waals surface area (Å²) in [5.74, 6) is 5.28. The van der Waals surface area contributed by atoms with Crippen molar-refractivity contribution < 1.29 is 22.6 Å². The minimum atomic E-state index is -4.74. The first-order chi connectivity index (χ1) is 9.42. The van der Waals surface area contributed by atoms with Crippen LogP contribution in [0.4, 0.5) is 13.2 Å². The number of halogens is 3. The van der Waals surface area contributed by atoms with E-state index in [0.29, 0.717) is 5.56 Å². The van der Waals surface area contributed by atoms with Crippen molar-refractivity contribution >= 4 is 0 Å². The molecule has 1 fully saturated rings. The van der Waals surface area contributed by atoms with Crippen molar-refractivity contribution in [2.45, 2.75) is 37.3 Å².